The van der Waals surface area contributed by atoms with Gasteiger partial charge in [-0.1, -0.05) is 27.7 Å². The molecule has 1 N–H and O–H groups in total. The summed E-state index contributed by atoms with van der Waals surface area (Å²) in [6.07, 6.45) is 2.80. The summed E-state index contributed by atoms with van der Waals surface area (Å²) in [6, 6.07) is 1.39. The van der Waals surface area contributed by atoms with E-state index in [2.05, 4.69) is 49.9 Å². The van der Waals surface area contributed by atoms with E-state index >= 15 is 0 Å². The molecule has 3 nitrogen and oxygen atoms in total. The van der Waals surface area contributed by atoms with Crippen LogP contribution in [0.3, 0.4) is 0 Å². The van der Waals surface area contributed by atoms with Crippen molar-refractivity contribution in [3.05, 3.63) is 0 Å². The van der Waals surface area contributed by atoms with Crippen LogP contribution in [0.25, 0.3) is 0 Å². The Hall–Kier alpha value is -0.120. The highest BCUT2D eigenvalue weighted by molar-refractivity contribution is 4.90. The number of rotatable bonds is 4. The van der Waals surface area contributed by atoms with Gasteiger partial charge in [-0.25, -0.2) is 0 Å². The highest BCUT2D eigenvalue weighted by atomic mass is 15.2. The van der Waals surface area contributed by atoms with Crippen LogP contribution in [0.4, 0.5) is 0 Å². The summed E-state index contributed by atoms with van der Waals surface area (Å²) in [5.74, 6) is 2.36. The van der Waals surface area contributed by atoms with Crippen LogP contribution in [0.2, 0.25) is 0 Å². The summed E-state index contributed by atoms with van der Waals surface area (Å²) >= 11 is 0. The van der Waals surface area contributed by atoms with Crippen LogP contribution in [0, 0.1) is 17.8 Å². The minimum Gasteiger partial charge on any atom is -0.311 e. The summed E-state index contributed by atoms with van der Waals surface area (Å²) in [7, 11) is 2.28. The van der Waals surface area contributed by atoms with Crippen LogP contribution in [0.15, 0.2) is 0 Å². The largest absolute Gasteiger partial charge is 0.311 e. The number of piperidine rings is 1. The highest BCUT2D eigenvalue weighted by Crippen LogP contribution is 2.23. The molecule has 0 spiro atoms. The Labute approximate surface area is 126 Å². The summed E-state index contributed by atoms with van der Waals surface area (Å²) in [5.41, 5.74) is 0. The maximum absolute atomic E-state index is 3.77. The quantitative estimate of drug-likeness (QED) is 0.853. The fourth-order valence-electron chi connectivity index (χ4n) is 3.92. The molecule has 0 radical (unpaired) electrons. The third-order valence-corrected chi connectivity index (χ3v) is 5.28. The van der Waals surface area contributed by atoms with Crippen LogP contribution in [-0.2, 0) is 0 Å². The highest BCUT2D eigenvalue weighted by Gasteiger charge is 2.32. The van der Waals surface area contributed by atoms with Crippen molar-refractivity contribution in [3.8, 4) is 0 Å². The lowest BCUT2D eigenvalue weighted by atomic mass is 9.91. The third-order valence-electron chi connectivity index (χ3n) is 5.28. The molecule has 2 fully saturated rings. The molecule has 0 aromatic carbocycles. The number of nitrogens with one attached hydrogen (secondary N) is 1. The second kappa shape index (κ2) is 7.24. The van der Waals surface area contributed by atoms with Gasteiger partial charge >= 0.3 is 0 Å². The van der Waals surface area contributed by atoms with Crippen molar-refractivity contribution in [3.63, 3.8) is 0 Å². The van der Waals surface area contributed by atoms with Crippen LogP contribution in [0.1, 0.15) is 40.5 Å². The van der Waals surface area contributed by atoms with Crippen molar-refractivity contribution in [2.24, 2.45) is 17.8 Å². The normalized spacial score (nSPS) is 34.0. The van der Waals surface area contributed by atoms with E-state index in [4.69, 9.17) is 0 Å². The Balaban J connectivity index is 1.95. The van der Waals surface area contributed by atoms with Crippen LogP contribution in [-0.4, -0.2) is 61.7 Å². The molecule has 20 heavy (non-hydrogen) atoms. The van der Waals surface area contributed by atoms with E-state index in [-0.39, 0.29) is 0 Å². The van der Waals surface area contributed by atoms with Crippen LogP contribution < -0.4 is 5.32 Å². The van der Waals surface area contributed by atoms with E-state index in [1.807, 2.05) is 0 Å². The van der Waals surface area contributed by atoms with Gasteiger partial charge in [0.1, 0.15) is 0 Å². The van der Waals surface area contributed by atoms with Crippen molar-refractivity contribution >= 4 is 0 Å². The molecule has 2 heterocycles. The van der Waals surface area contributed by atoms with Gasteiger partial charge < -0.3 is 10.2 Å². The van der Waals surface area contributed by atoms with Crippen LogP contribution >= 0.6 is 0 Å². The predicted molar refractivity (Wildman–Crippen MR) is 87.0 cm³/mol. The molecule has 0 aliphatic carbocycles. The zero-order chi connectivity index (χ0) is 14.7. The molecule has 3 atom stereocenters. The zero-order valence-corrected chi connectivity index (χ0v) is 14.2. The topological polar surface area (TPSA) is 18.5 Å². The number of hydrogen-bond acceptors (Lipinski definition) is 3. The molecule has 0 aromatic rings. The first-order chi connectivity index (χ1) is 9.47. The first-order valence-corrected chi connectivity index (χ1v) is 8.63. The predicted octanol–water partition coefficient (Wildman–Crippen LogP) is 2.28. The number of piperazine rings is 1. The van der Waals surface area contributed by atoms with E-state index in [1.165, 1.54) is 45.6 Å². The van der Waals surface area contributed by atoms with E-state index in [9.17, 15) is 0 Å². The van der Waals surface area contributed by atoms with Crippen molar-refractivity contribution in [2.45, 2.75) is 52.6 Å². The third kappa shape index (κ3) is 4.19. The molecule has 0 bridgehead atoms. The fourth-order valence-corrected chi connectivity index (χ4v) is 3.92. The van der Waals surface area contributed by atoms with Gasteiger partial charge in [0, 0.05) is 38.3 Å². The Kier molecular flexibility index (Phi) is 5.88. The van der Waals surface area contributed by atoms with Gasteiger partial charge in [0.2, 0.25) is 0 Å². The fraction of sp³-hybridized carbons (Fsp3) is 1.00. The standard InChI is InChI=1S/C17H35N3/c1-13(2)16-12-20(17(9-18-16)14(3)4)11-15-7-6-8-19(5)10-15/h13-18H,6-12H2,1-5H3. The average molecular weight is 281 g/mol. The maximum atomic E-state index is 3.77. The minimum absolute atomic E-state index is 0.673. The van der Waals surface area contributed by atoms with Gasteiger partial charge in [0.25, 0.3) is 0 Å². The number of nitrogens with zero attached hydrogens (tertiary/aromatic N) is 2. The Morgan fingerprint density at radius 1 is 1.10 bits per heavy atom. The maximum Gasteiger partial charge on any atom is 0.0244 e. The van der Waals surface area contributed by atoms with E-state index in [0.717, 1.165) is 23.8 Å². The second-order valence-corrected chi connectivity index (χ2v) is 7.79. The van der Waals surface area contributed by atoms with Crippen molar-refractivity contribution in [1.29, 1.82) is 0 Å². The zero-order valence-electron chi connectivity index (χ0n) is 14.2. The smallest absolute Gasteiger partial charge is 0.0244 e. The van der Waals surface area contributed by atoms with E-state index < -0.39 is 0 Å². The van der Waals surface area contributed by atoms with E-state index in [1.54, 1.807) is 0 Å². The van der Waals surface area contributed by atoms with Gasteiger partial charge in [0.05, 0.1) is 0 Å². The molecular formula is C17H35N3. The molecule has 0 amide bonds. The number of hydrogen-bond donors (Lipinski definition) is 1. The first-order valence-electron chi connectivity index (χ1n) is 8.63. The second-order valence-electron chi connectivity index (χ2n) is 7.79. The van der Waals surface area contributed by atoms with Crippen molar-refractivity contribution in [2.75, 3.05) is 39.8 Å². The molecule has 2 aliphatic heterocycles. The SMILES string of the molecule is CC(C)C1CN(CC2CCCN(C)C2)C(C(C)C)CN1. The van der Waals surface area contributed by atoms with E-state index in [0.29, 0.717) is 6.04 Å². The van der Waals surface area contributed by atoms with Gasteiger partial charge in [-0.3, -0.25) is 4.90 Å². The lowest BCUT2D eigenvalue weighted by Crippen LogP contribution is -2.60. The minimum atomic E-state index is 0.673. The Morgan fingerprint density at radius 3 is 2.45 bits per heavy atom. The van der Waals surface area contributed by atoms with Gasteiger partial charge in [0.15, 0.2) is 0 Å². The summed E-state index contributed by atoms with van der Waals surface area (Å²) < 4.78 is 0. The summed E-state index contributed by atoms with van der Waals surface area (Å²) in [5, 5.41) is 3.77. The molecule has 3 unspecified atom stereocenters. The van der Waals surface area contributed by atoms with Crippen molar-refractivity contribution in [1.82, 2.24) is 15.1 Å². The average Bonchev–Trinajstić information content (AvgIpc) is 2.38. The lowest BCUT2D eigenvalue weighted by molar-refractivity contribution is 0.0547. The molecule has 118 valence electrons. The summed E-state index contributed by atoms with van der Waals surface area (Å²) in [4.78, 5) is 5.32. The molecule has 3 heteroatoms. The molecule has 2 aliphatic rings. The molecule has 2 rings (SSSR count). The van der Waals surface area contributed by atoms with Gasteiger partial charge in [-0.05, 0) is 44.2 Å². The number of likely N-dealkylation sites (tertiary alicyclic amines) is 1. The molecule has 2 saturated heterocycles. The molecule has 0 saturated carbocycles. The van der Waals surface area contributed by atoms with Gasteiger partial charge in [-0.2, -0.15) is 0 Å². The Bertz CT molecular complexity index is 290. The first kappa shape index (κ1) is 16.3. The Morgan fingerprint density at radius 2 is 1.85 bits per heavy atom. The monoisotopic (exact) mass is 281 g/mol. The molecular weight excluding hydrogens is 246 g/mol. The summed E-state index contributed by atoms with van der Waals surface area (Å²) in [6.45, 7) is 15.7. The molecule has 0 aromatic heterocycles. The van der Waals surface area contributed by atoms with Crippen molar-refractivity contribution < 1.29 is 0 Å². The lowest BCUT2D eigenvalue weighted by Gasteiger charge is -2.46. The van der Waals surface area contributed by atoms with Gasteiger partial charge in [-0.15, -0.1) is 0 Å². The van der Waals surface area contributed by atoms with Crippen LogP contribution in [0.5, 0.6) is 0 Å².